The van der Waals surface area contributed by atoms with E-state index in [1.165, 1.54) is 11.1 Å². The summed E-state index contributed by atoms with van der Waals surface area (Å²) in [7, 11) is 0. The molecule has 2 aromatic carbocycles. The van der Waals surface area contributed by atoms with Crippen molar-refractivity contribution in [2.24, 2.45) is 11.7 Å². The summed E-state index contributed by atoms with van der Waals surface area (Å²) >= 11 is 0. The Hall–Kier alpha value is -2.13. The van der Waals surface area contributed by atoms with Crippen molar-refractivity contribution in [2.45, 2.75) is 37.1 Å². The van der Waals surface area contributed by atoms with Gasteiger partial charge < -0.3 is 10.6 Å². The maximum absolute atomic E-state index is 12.9. The predicted octanol–water partition coefficient (Wildman–Crippen LogP) is 3.33. The molecule has 3 nitrogen and oxygen atoms in total. The maximum atomic E-state index is 12.9. The van der Waals surface area contributed by atoms with Crippen molar-refractivity contribution in [2.75, 3.05) is 13.1 Å². The fourth-order valence-corrected chi connectivity index (χ4v) is 4.26. The average molecular weight is 334 g/mol. The van der Waals surface area contributed by atoms with Gasteiger partial charge in [0.1, 0.15) is 0 Å². The Morgan fingerprint density at radius 1 is 1.00 bits per heavy atom. The smallest absolute Gasteiger partial charge is 0.239 e. The monoisotopic (exact) mass is 334 g/mol. The third-order valence-electron chi connectivity index (χ3n) is 5.87. The van der Waals surface area contributed by atoms with Crippen molar-refractivity contribution in [3.05, 3.63) is 71.8 Å². The number of hydrogen-bond acceptors (Lipinski definition) is 2. The summed E-state index contributed by atoms with van der Waals surface area (Å²) in [5.41, 5.74) is 8.67. The van der Waals surface area contributed by atoms with Crippen molar-refractivity contribution in [1.29, 1.82) is 0 Å². The molecule has 1 amide bonds. The molecule has 1 heterocycles. The summed E-state index contributed by atoms with van der Waals surface area (Å²) in [6, 6.07) is 20.9. The molecule has 1 aliphatic carbocycles. The second-order valence-corrected chi connectivity index (χ2v) is 7.54. The first-order valence-corrected chi connectivity index (χ1v) is 9.36. The molecule has 2 fully saturated rings. The third kappa shape index (κ3) is 3.09. The molecule has 2 N–H and O–H groups in total. The Bertz CT molecular complexity index is 685. The topological polar surface area (TPSA) is 46.3 Å². The fraction of sp³-hybridized carbons (Fsp3) is 0.409. The molecular weight excluding hydrogens is 308 g/mol. The Labute approximate surface area is 149 Å². The van der Waals surface area contributed by atoms with E-state index in [0.29, 0.717) is 5.92 Å². The number of likely N-dealkylation sites (tertiary alicyclic amines) is 1. The van der Waals surface area contributed by atoms with Crippen LogP contribution in [-0.2, 0) is 10.2 Å². The molecule has 0 aromatic heterocycles. The number of piperidine rings is 1. The van der Waals surface area contributed by atoms with Crippen molar-refractivity contribution < 1.29 is 4.79 Å². The van der Waals surface area contributed by atoms with Gasteiger partial charge in [-0.15, -0.1) is 0 Å². The van der Waals surface area contributed by atoms with Crippen molar-refractivity contribution in [1.82, 2.24) is 4.90 Å². The summed E-state index contributed by atoms with van der Waals surface area (Å²) in [4.78, 5) is 15.0. The second-order valence-electron chi connectivity index (χ2n) is 7.54. The van der Waals surface area contributed by atoms with Crippen LogP contribution >= 0.6 is 0 Å². The van der Waals surface area contributed by atoms with Gasteiger partial charge in [0, 0.05) is 18.5 Å². The molecular formula is C22H26N2O. The number of hydrogen-bond donors (Lipinski definition) is 1. The standard InChI is InChI=1S/C22H26N2O/c23-20(17-12-13-17)21(25)24-15-7-14-22(16-24,18-8-3-1-4-9-18)19-10-5-2-6-11-19/h1-6,8-11,17,20H,7,12-16,23H2/t20-/m0/s1. The molecule has 0 spiro atoms. The zero-order valence-electron chi connectivity index (χ0n) is 14.6. The molecule has 1 aliphatic heterocycles. The van der Waals surface area contributed by atoms with Gasteiger partial charge >= 0.3 is 0 Å². The van der Waals surface area contributed by atoms with Crippen LogP contribution in [0.25, 0.3) is 0 Å². The minimum Gasteiger partial charge on any atom is -0.340 e. The summed E-state index contributed by atoms with van der Waals surface area (Å²) in [5, 5.41) is 0. The highest BCUT2D eigenvalue weighted by atomic mass is 16.2. The number of rotatable bonds is 4. The predicted molar refractivity (Wildman–Crippen MR) is 100 cm³/mol. The number of nitrogens with zero attached hydrogens (tertiary/aromatic N) is 1. The van der Waals surface area contributed by atoms with Gasteiger partial charge in [-0.25, -0.2) is 0 Å². The number of benzene rings is 2. The number of carbonyl (C=O) groups excluding carboxylic acids is 1. The SMILES string of the molecule is N[C@H](C(=O)N1CCCC(c2ccccc2)(c2ccccc2)C1)C1CC1. The minimum absolute atomic E-state index is 0.137. The highest BCUT2D eigenvalue weighted by molar-refractivity contribution is 5.82. The first kappa shape index (κ1) is 16.3. The summed E-state index contributed by atoms with van der Waals surface area (Å²) in [6.07, 6.45) is 4.27. The van der Waals surface area contributed by atoms with Crippen LogP contribution in [0.3, 0.4) is 0 Å². The van der Waals surface area contributed by atoms with Crippen LogP contribution in [0.1, 0.15) is 36.8 Å². The van der Waals surface area contributed by atoms with E-state index in [0.717, 1.165) is 38.8 Å². The van der Waals surface area contributed by atoms with Gasteiger partial charge in [-0.2, -0.15) is 0 Å². The van der Waals surface area contributed by atoms with Crippen LogP contribution in [0, 0.1) is 5.92 Å². The molecule has 4 rings (SSSR count). The van der Waals surface area contributed by atoms with E-state index in [2.05, 4.69) is 60.7 Å². The minimum atomic E-state index is -0.317. The van der Waals surface area contributed by atoms with Crippen LogP contribution in [-0.4, -0.2) is 29.9 Å². The first-order chi connectivity index (χ1) is 12.2. The molecule has 2 aliphatic rings. The van der Waals surface area contributed by atoms with E-state index in [1.807, 2.05) is 4.90 Å². The zero-order valence-corrected chi connectivity index (χ0v) is 14.6. The second kappa shape index (κ2) is 6.64. The highest BCUT2D eigenvalue weighted by Crippen LogP contribution is 2.41. The van der Waals surface area contributed by atoms with Gasteiger partial charge in [0.2, 0.25) is 5.91 Å². The van der Waals surface area contributed by atoms with Crippen molar-refractivity contribution >= 4 is 5.91 Å². The molecule has 2 aromatic rings. The number of nitrogens with two attached hydrogens (primary N) is 1. The van der Waals surface area contributed by atoms with E-state index < -0.39 is 0 Å². The van der Waals surface area contributed by atoms with Gasteiger partial charge in [0.25, 0.3) is 0 Å². The normalized spacial score (nSPS) is 20.9. The zero-order chi connectivity index (χ0) is 17.3. The van der Waals surface area contributed by atoms with Gasteiger partial charge in [-0.3, -0.25) is 4.79 Å². The van der Waals surface area contributed by atoms with Crippen LogP contribution in [0.15, 0.2) is 60.7 Å². The Morgan fingerprint density at radius 2 is 1.56 bits per heavy atom. The molecule has 25 heavy (non-hydrogen) atoms. The summed E-state index contributed by atoms with van der Waals surface area (Å²) in [5.74, 6) is 0.538. The van der Waals surface area contributed by atoms with Crippen molar-refractivity contribution in [3.63, 3.8) is 0 Å². The van der Waals surface area contributed by atoms with Crippen molar-refractivity contribution in [3.8, 4) is 0 Å². The molecule has 1 saturated heterocycles. The van der Waals surface area contributed by atoms with E-state index >= 15 is 0 Å². The van der Waals surface area contributed by atoms with Crippen LogP contribution in [0.2, 0.25) is 0 Å². The van der Waals surface area contributed by atoms with Gasteiger partial charge in [0.15, 0.2) is 0 Å². The number of amides is 1. The Kier molecular flexibility index (Phi) is 4.34. The van der Waals surface area contributed by atoms with Gasteiger partial charge in [-0.1, -0.05) is 60.7 Å². The lowest BCUT2D eigenvalue weighted by molar-refractivity contribution is -0.135. The Morgan fingerprint density at radius 3 is 2.08 bits per heavy atom. The lowest BCUT2D eigenvalue weighted by atomic mass is 9.69. The quantitative estimate of drug-likeness (QED) is 0.932. The molecule has 0 radical (unpaired) electrons. The molecule has 0 unspecified atom stereocenters. The van der Waals surface area contributed by atoms with E-state index in [-0.39, 0.29) is 17.4 Å². The summed E-state index contributed by atoms with van der Waals surface area (Å²) in [6.45, 7) is 1.54. The van der Waals surface area contributed by atoms with E-state index in [1.54, 1.807) is 0 Å². The first-order valence-electron chi connectivity index (χ1n) is 9.36. The third-order valence-corrected chi connectivity index (χ3v) is 5.87. The van der Waals surface area contributed by atoms with E-state index in [4.69, 9.17) is 5.73 Å². The van der Waals surface area contributed by atoms with E-state index in [9.17, 15) is 4.79 Å². The van der Waals surface area contributed by atoms with Gasteiger partial charge in [0.05, 0.1) is 6.04 Å². The van der Waals surface area contributed by atoms with Crippen LogP contribution in [0.5, 0.6) is 0 Å². The lowest BCUT2D eigenvalue weighted by Crippen LogP contribution is -2.54. The highest BCUT2D eigenvalue weighted by Gasteiger charge is 2.43. The lowest BCUT2D eigenvalue weighted by Gasteiger charge is -2.44. The fourth-order valence-electron chi connectivity index (χ4n) is 4.26. The largest absolute Gasteiger partial charge is 0.340 e. The maximum Gasteiger partial charge on any atom is 0.239 e. The molecule has 3 heteroatoms. The average Bonchev–Trinajstić information content (AvgIpc) is 3.53. The van der Waals surface area contributed by atoms with Crippen LogP contribution < -0.4 is 5.73 Å². The molecule has 1 saturated carbocycles. The summed E-state index contributed by atoms with van der Waals surface area (Å²) < 4.78 is 0. The molecule has 130 valence electrons. The van der Waals surface area contributed by atoms with Gasteiger partial charge in [-0.05, 0) is 42.7 Å². The number of carbonyl (C=O) groups is 1. The molecule has 1 atom stereocenters. The van der Waals surface area contributed by atoms with Crippen LogP contribution in [0.4, 0.5) is 0 Å². The molecule has 0 bridgehead atoms. The Balaban J connectivity index is 1.70.